The Balaban J connectivity index is 0.00000841. The summed E-state index contributed by atoms with van der Waals surface area (Å²) in [5.74, 6) is -2.86. The van der Waals surface area contributed by atoms with Crippen LogP contribution in [0.5, 0.6) is 0 Å². The van der Waals surface area contributed by atoms with Crippen LogP contribution in [0.3, 0.4) is 0 Å². The summed E-state index contributed by atoms with van der Waals surface area (Å²) in [6, 6.07) is 0. The van der Waals surface area contributed by atoms with Gasteiger partial charge in [0.2, 0.25) is 0 Å². The molecule has 1 rings (SSSR count). The number of aliphatic carboxylic acids is 3. The van der Waals surface area contributed by atoms with Crippen molar-refractivity contribution in [1.29, 1.82) is 0 Å². The number of hydrogen-bond acceptors (Lipinski definition) is 8. The average molecular weight is 576 g/mol. The van der Waals surface area contributed by atoms with E-state index in [4.69, 9.17) is 15.3 Å². The monoisotopic (exact) mass is 576 g/mol. The number of rotatable bonds is 9. The number of carbonyl (C=O) groups is 3. The molecule has 1 aliphatic rings. The van der Waals surface area contributed by atoms with Crippen molar-refractivity contribution < 1.29 is 74.8 Å². The van der Waals surface area contributed by atoms with Crippen LogP contribution in [0.1, 0.15) is 13.3 Å². The molecule has 1 unspecified atom stereocenters. The van der Waals surface area contributed by atoms with Crippen molar-refractivity contribution in [1.82, 2.24) is 19.6 Å². The first-order chi connectivity index (χ1) is 13.7. The second-order valence-corrected chi connectivity index (χ2v) is 7.49. The van der Waals surface area contributed by atoms with E-state index < -0.39 is 24.0 Å². The van der Waals surface area contributed by atoms with Gasteiger partial charge in [-0.1, -0.05) is 0 Å². The molecule has 0 aliphatic carbocycles. The molecule has 1 fully saturated rings. The number of carboxylic acid groups (broad SMARTS) is 3. The van der Waals surface area contributed by atoms with Gasteiger partial charge >= 0.3 is 17.9 Å². The molecule has 4 N–H and O–H groups in total. The zero-order valence-corrected chi connectivity index (χ0v) is 19.7. The number of hydrogen-bond donors (Lipinski definition) is 4. The summed E-state index contributed by atoms with van der Waals surface area (Å²) >= 11 is 0. The molecule has 30 heavy (non-hydrogen) atoms. The normalized spacial score (nSPS) is 19.8. The van der Waals surface area contributed by atoms with Crippen LogP contribution in [0.4, 0.5) is 0 Å². The predicted molar refractivity (Wildman–Crippen MR) is 105 cm³/mol. The van der Waals surface area contributed by atoms with Gasteiger partial charge in [0.05, 0.1) is 25.7 Å². The van der Waals surface area contributed by atoms with Crippen molar-refractivity contribution in [2.45, 2.75) is 19.4 Å². The third kappa shape index (κ3) is 14.5. The van der Waals surface area contributed by atoms with Crippen LogP contribution in [0, 0.1) is 39.9 Å². The maximum Gasteiger partial charge on any atom is 0.317 e. The van der Waals surface area contributed by atoms with E-state index >= 15 is 0 Å². The van der Waals surface area contributed by atoms with E-state index in [1.165, 1.54) is 0 Å². The SMILES string of the molecule is CC(O)CCN1CCN(CC(=O)O)CCN(CC(=O)O)CCN(CC(=O)O)CC1.[Gd]. The van der Waals surface area contributed by atoms with E-state index in [0.717, 1.165) is 0 Å². The zero-order chi connectivity index (χ0) is 21.8. The van der Waals surface area contributed by atoms with Gasteiger partial charge in [0, 0.05) is 98.8 Å². The minimum absolute atomic E-state index is 0. The van der Waals surface area contributed by atoms with E-state index in [1.54, 1.807) is 21.6 Å². The van der Waals surface area contributed by atoms with E-state index in [0.29, 0.717) is 65.3 Å². The minimum Gasteiger partial charge on any atom is -0.480 e. The van der Waals surface area contributed by atoms with Crippen LogP contribution in [0.2, 0.25) is 0 Å². The molecule has 176 valence electrons. The summed E-state index contributed by atoms with van der Waals surface area (Å²) in [4.78, 5) is 40.9. The van der Waals surface area contributed by atoms with Gasteiger partial charge in [-0.3, -0.25) is 29.1 Å². The number of aliphatic hydroxyl groups is 1. The summed E-state index contributed by atoms with van der Waals surface area (Å²) in [6.45, 7) is 5.63. The zero-order valence-electron chi connectivity index (χ0n) is 17.4. The Kier molecular flexibility index (Phi) is 16.0. The van der Waals surface area contributed by atoms with Crippen LogP contribution < -0.4 is 0 Å². The molecule has 0 aromatic heterocycles. The summed E-state index contributed by atoms with van der Waals surface area (Å²) < 4.78 is 0. The number of nitrogens with zero attached hydrogens (tertiary/aromatic N) is 4. The first-order valence-electron chi connectivity index (χ1n) is 9.88. The Bertz CT molecular complexity index is 507. The Morgan fingerprint density at radius 2 is 0.933 bits per heavy atom. The molecule has 0 bridgehead atoms. The van der Waals surface area contributed by atoms with Crippen LogP contribution in [0.25, 0.3) is 0 Å². The van der Waals surface area contributed by atoms with E-state index in [1.807, 2.05) is 0 Å². The second-order valence-electron chi connectivity index (χ2n) is 7.49. The van der Waals surface area contributed by atoms with Gasteiger partial charge in [-0.15, -0.1) is 0 Å². The Morgan fingerprint density at radius 1 is 0.667 bits per heavy atom. The maximum atomic E-state index is 11.2. The van der Waals surface area contributed by atoms with Crippen molar-refractivity contribution >= 4 is 17.9 Å². The Labute approximate surface area is 209 Å². The van der Waals surface area contributed by atoms with E-state index in [-0.39, 0.29) is 59.6 Å². The van der Waals surface area contributed by atoms with Gasteiger partial charge in [-0.25, -0.2) is 0 Å². The fourth-order valence-electron chi connectivity index (χ4n) is 3.22. The molecule has 1 aliphatic heterocycles. The van der Waals surface area contributed by atoms with Crippen LogP contribution in [-0.4, -0.2) is 143 Å². The molecule has 0 radical (unpaired) electrons. The Morgan fingerprint density at radius 3 is 1.17 bits per heavy atom. The summed E-state index contributed by atoms with van der Waals surface area (Å²) in [6.07, 6.45) is 0.121. The molecular weight excluding hydrogens is 541 g/mol. The van der Waals surface area contributed by atoms with Crippen LogP contribution in [0.15, 0.2) is 0 Å². The van der Waals surface area contributed by atoms with Gasteiger partial charge in [-0.05, 0) is 13.3 Å². The number of aliphatic hydroxyl groups excluding tert-OH is 1. The smallest absolute Gasteiger partial charge is 0.317 e. The summed E-state index contributed by atoms with van der Waals surface area (Å²) in [5.41, 5.74) is 0. The molecule has 0 aromatic rings. The quantitative estimate of drug-likeness (QED) is 0.248. The summed E-state index contributed by atoms with van der Waals surface area (Å²) in [7, 11) is 0. The average Bonchev–Trinajstić information content (AvgIpc) is 2.59. The third-order valence-corrected chi connectivity index (χ3v) is 4.87. The molecule has 0 spiro atoms. The first-order valence-corrected chi connectivity index (χ1v) is 9.88. The van der Waals surface area contributed by atoms with Gasteiger partial charge < -0.3 is 25.3 Å². The van der Waals surface area contributed by atoms with Crippen molar-refractivity contribution in [2.75, 3.05) is 78.5 Å². The fourth-order valence-corrected chi connectivity index (χ4v) is 3.22. The predicted octanol–water partition coefficient (Wildman–Crippen LogP) is -1.77. The standard InChI is InChI=1S/C18H34N4O7.Gd/c1-15(23)2-3-19-4-6-20(12-16(24)25)8-10-22(14-18(28)29)11-9-21(7-5-19)13-17(26)27;/h15,23H,2-14H2,1H3,(H,24,25)(H,26,27)(H,28,29);. The number of carboxylic acids is 3. The molecule has 11 nitrogen and oxygen atoms in total. The molecule has 0 amide bonds. The van der Waals surface area contributed by atoms with Crippen LogP contribution >= 0.6 is 0 Å². The van der Waals surface area contributed by atoms with Gasteiger partial charge in [0.1, 0.15) is 0 Å². The topological polar surface area (TPSA) is 145 Å². The molecular formula is C18H34GdN4O7. The van der Waals surface area contributed by atoms with Crippen molar-refractivity contribution in [3.8, 4) is 0 Å². The molecule has 12 heteroatoms. The second kappa shape index (κ2) is 16.2. The van der Waals surface area contributed by atoms with E-state index in [2.05, 4.69) is 4.90 Å². The van der Waals surface area contributed by atoms with Crippen LogP contribution in [-0.2, 0) is 14.4 Å². The van der Waals surface area contributed by atoms with Gasteiger partial charge in [-0.2, -0.15) is 0 Å². The molecule has 1 saturated heterocycles. The maximum absolute atomic E-state index is 11.2. The molecule has 1 atom stereocenters. The van der Waals surface area contributed by atoms with Crippen molar-refractivity contribution in [3.63, 3.8) is 0 Å². The van der Waals surface area contributed by atoms with Gasteiger partial charge in [0.15, 0.2) is 0 Å². The van der Waals surface area contributed by atoms with Crippen molar-refractivity contribution in [2.24, 2.45) is 0 Å². The molecule has 1 heterocycles. The van der Waals surface area contributed by atoms with Gasteiger partial charge in [0.25, 0.3) is 0 Å². The Hall–Kier alpha value is -0.465. The third-order valence-electron chi connectivity index (χ3n) is 4.87. The summed E-state index contributed by atoms with van der Waals surface area (Å²) in [5, 5.41) is 37.0. The van der Waals surface area contributed by atoms with Crippen molar-refractivity contribution in [3.05, 3.63) is 0 Å². The molecule has 0 aromatic carbocycles. The fraction of sp³-hybridized carbons (Fsp3) is 0.833. The van der Waals surface area contributed by atoms with E-state index in [9.17, 15) is 19.5 Å². The first kappa shape index (κ1) is 29.5. The molecule has 0 saturated carbocycles. The largest absolute Gasteiger partial charge is 0.480 e. The minimum atomic E-state index is -0.976.